The number of carbonyl (C=O) groups is 1. The number of hydrogen-bond acceptors (Lipinski definition) is 5. The first-order chi connectivity index (χ1) is 14.2. The molecular formula is C20H16Br2ClN3O4. The van der Waals surface area contributed by atoms with Crippen molar-refractivity contribution < 1.29 is 14.6 Å². The van der Waals surface area contributed by atoms with E-state index in [2.05, 4.69) is 41.9 Å². The monoisotopic (exact) mass is 555 g/mol. The van der Waals surface area contributed by atoms with E-state index in [1.165, 1.54) is 10.9 Å². The summed E-state index contributed by atoms with van der Waals surface area (Å²) < 4.78 is 7.70. The quantitative estimate of drug-likeness (QED) is 0.429. The van der Waals surface area contributed by atoms with Gasteiger partial charge in [-0.1, -0.05) is 41.4 Å². The summed E-state index contributed by atoms with van der Waals surface area (Å²) in [5.74, 6) is -0.407. The molecule has 0 radical (unpaired) electrons. The molecule has 10 heteroatoms. The Balaban J connectivity index is 2.05. The van der Waals surface area contributed by atoms with E-state index in [4.69, 9.17) is 21.4 Å². The second kappa shape index (κ2) is 9.28. The van der Waals surface area contributed by atoms with Gasteiger partial charge < -0.3 is 9.84 Å². The number of carboxylic acids is 1. The molecule has 30 heavy (non-hydrogen) atoms. The minimum atomic E-state index is -1.11. The average molecular weight is 558 g/mol. The third kappa shape index (κ3) is 4.91. The lowest BCUT2D eigenvalue weighted by Gasteiger charge is -2.12. The molecule has 3 aromatic rings. The van der Waals surface area contributed by atoms with Crippen molar-refractivity contribution in [2.75, 3.05) is 6.61 Å². The third-order valence-electron chi connectivity index (χ3n) is 4.03. The van der Waals surface area contributed by atoms with Crippen LogP contribution in [0.2, 0.25) is 5.02 Å². The smallest absolute Gasteiger partial charge is 0.341 e. The Kier molecular flexibility index (Phi) is 6.95. The van der Waals surface area contributed by atoms with Crippen molar-refractivity contribution in [2.24, 2.45) is 5.10 Å². The summed E-state index contributed by atoms with van der Waals surface area (Å²) in [4.78, 5) is 28.3. The van der Waals surface area contributed by atoms with Crippen LogP contribution in [0, 0.1) is 0 Å². The van der Waals surface area contributed by atoms with E-state index < -0.39 is 12.6 Å². The van der Waals surface area contributed by atoms with Gasteiger partial charge >= 0.3 is 5.97 Å². The number of aromatic nitrogens is 2. The van der Waals surface area contributed by atoms with Crippen LogP contribution in [0.3, 0.4) is 0 Å². The molecule has 0 saturated carbocycles. The van der Waals surface area contributed by atoms with E-state index in [0.29, 0.717) is 26.8 Å². The van der Waals surface area contributed by atoms with Gasteiger partial charge in [0.25, 0.3) is 5.56 Å². The van der Waals surface area contributed by atoms with Gasteiger partial charge in [-0.25, -0.2) is 9.78 Å². The summed E-state index contributed by atoms with van der Waals surface area (Å²) >= 11 is 12.9. The standard InChI is InChI=1S/C20H16Br2ClN3O4/c1-10(2)19-25-16-4-3-12(21)7-13(16)20(29)26(19)24-8-11-5-14(22)18(15(23)6-11)30-9-17(27)28/h3-8,10H,9H2,1-2H3,(H,27,28). The molecular weight excluding hydrogens is 541 g/mol. The number of nitrogens with zero attached hydrogens (tertiary/aromatic N) is 3. The first-order valence-corrected chi connectivity index (χ1v) is 10.7. The molecule has 2 aromatic carbocycles. The van der Waals surface area contributed by atoms with Gasteiger partial charge in [-0.2, -0.15) is 9.78 Å². The largest absolute Gasteiger partial charge is 0.479 e. The van der Waals surface area contributed by atoms with Crippen LogP contribution in [0.15, 0.2) is 49.2 Å². The highest BCUT2D eigenvalue weighted by atomic mass is 79.9. The molecule has 0 aliphatic carbocycles. The normalized spacial score (nSPS) is 11.5. The molecule has 0 amide bonds. The van der Waals surface area contributed by atoms with Crippen molar-refractivity contribution in [2.45, 2.75) is 19.8 Å². The minimum absolute atomic E-state index is 0.0370. The topological polar surface area (TPSA) is 93.8 Å². The molecule has 0 unspecified atom stereocenters. The van der Waals surface area contributed by atoms with Crippen molar-refractivity contribution in [1.29, 1.82) is 0 Å². The molecule has 0 atom stereocenters. The fraction of sp³-hybridized carbons (Fsp3) is 0.200. The van der Waals surface area contributed by atoms with Crippen LogP contribution < -0.4 is 10.3 Å². The van der Waals surface area contributed by atoms with E-state index in [1.807, 2.05) is 19.9 Å². The van der Waals surface area contributed by atoms with Crippen LogP contribution >= 0.6 is 43.5 Å². The highest BCUT2D eigenvalue weighted by molar-refractivity contribution is 9.10. The lowest BCUT2D eigenvalue weighted by molar-refractivity contribution is -0.139. The molecule has 0 bridgehead atoms. The fourth-order valence-electron chi connectivity index (χ4n) is 2.70. The van der Waals surface area contributed by atoms with Crippen molar-refractivity contribution >= 4 is 66.5 Å². The average Bonchev–Trinajstić information content (AvgIpc) is 2.66. The Hall–Kier alpha value is -2.23. The Labute approximate surface area is 193 Å². The number of fused-ring (bicyclic) bond motifs is 1. The Morgan fingerprint density at radius 3 is 2.70 bits per heavy atom. The maximum Gasteiger partial charge on any atom is 0.341 e. The van der Waals surface area contributed by atoms with E-state index in [1.54, 1.807) is 24.3 Å². The molecule has 1 N–H and O–H groups in total. The fourth-order valence-corrected chi connectivity index (χ4v) is 4.05. The number of aliphatic carboxylic acids is 1. The maximum atomic E-state index is 13.0. The SMILES string of the molecule is CC(C)c1nc2ccc(Br)cc2c(=O)n1N=Cc1cc(Cl)c(OCC(=O)O)c(Br)c1. The summed E-state index contributed by atoms with van der Waals surface area (Å²) in [6.07, 6.45) is 1.48. The zero-order valence-electron chi connectivity index (χ0n) is 15.9. The van der Waals surface area contributed by atoms with E-state index >= 15 is 0 Å². The van der Waals surface area contributed by atoms with Crippen molar-refractivity contribution in [1.82, 2.24) is 9.66 Å². The number of halogens is 3. The van der Waals surface area contributed by atoms with Crippen molar-refractivity contribution in [3.8, 4) is 5.75 Å². The Morgan fingerprint density at radius 1 is 1.33 bits per heavy atom. The van der Waals surface area contributed by atoms with Crippen LogP contribution in [0.25, 0.3) is 10.9 Å². The van der Waals surface area contributed by atoms with Gasteiger partial charge in [-0.3, -0.25) is 4.79 Å². The summed E-state index contributed by atoms with van der Waals surface area (Å²) in [5.41, 5.74) is 0.905. The van der Waals surface area contributed by atoms with Gasteiger partial charge in [0.15, 0.2) is 12.4 Å². The summed E-state index contributed by atoms with van der Waals surface area (Å²) in [5, 5.41) is 13.8. The lowest BCUT2D eigenvalue weighted by atomic mass is 10.2. The number of ether oxygens (including phenoxy) is 1. The molecule has 0 fully saturated rings. The van der Waals surface area contributed by atoms with E-state index in [-0.39, 0.29) is 22.2 Å². The molecule has 0 aliphatic rings. The second-order valence-corrected chi connectivity index (χ2v) is 8.82. The Morgan fingerprint density at radius 2 is 2.07 bits per heavy atom. The van der Waals surface area contributed by atoms with Gasteiger partial charge in [-0.05, 0) is 51.8 Å². The predicted octanol–water partition coefficient (Wildman–Crippen LogP) is 5.04. The van der Waals surface area contributed by atoms with Gasteiger partial charge in [0.1, 0.15) is 5.82 Å². The number of rotatable bonds is 6. The zero-order chi connectivity index (χ0) is 22.0. The van der Waals surface area contributed by atoms with Gasteiger partial charge in [0.2, 0.25) is 0 Å². The molecule has 3 rings (SSSR count). The minimum Gasteiger partial charge on any atom is -0.479 e. The van der Waals surface area contributed by atoms with Gasteiger partial charge in [-0.15, -0.1) is 0 Å². The first kappa shape index (κ1) is 22.5. The van der Waals surface area contributed by atoms with Crippen molar-refractivity contribution in [3.05, 3.63) is 66.0 Å². The van der Waals surface area contributed by atoms with E-state index in [0.717, 1.165) is 4.47 Å². The first-order valence-electron chi connectivity index (χ1n) is 8.77. The molecule has 0 spiro atoms. The van der Waals surface area contributed by atoms with E-state index in [9.17, 15) is 9.59 Å². The highest BCUT2D eigenvalue weighted by Gasteiger charge is 2.14. The molecule has 7 nitrogen and oxygen atoms in total. The van der Waals surface area contributed by atoms with Crippen LogP contribution in [0.4, 0.5) is 0 Å². The number of hydrogen-bond donors (Lipinski definition) is 1. The predicted molar refractivity (Wildman–Crippen MR) is 123 cm³/mol. The van der Waals surface area contributed by atoms with Crippen LogP contribution in [-0.2, 0) is 4.79 Å². The van der Waals surface area contributed by atoms with Crippen molar-refractivity contribution in [3.63, 3.8) is 0 Å². The molecule has 1 aromatic heterocycles. The van der Waals surface area contributed by atoms with Crippen LogP contribution in [0.1, 0.15) is 31.2 Å². The molecule has 0 aliphatic heterocycles. The number of carboxylic acid groups (broad SMARTS) is 1. The van der Waals surface area contributed by atoms with Crippen LogP contribution in [0.5, 0.6) is 5.75 Å². The highest BCUT2D eigenvalue weighted by Crippen LogP contribution is 2.34. The molecule has 1 heterocycles. The Bertz CT molecular complexity index is 1200. The van der Waals surface area contributed by atoms with Gasteiger partial charge in [0, 0.05) is 10.4 Å². The third-order valence-corrected chi connectivity index (χ3v) is 5.40. The van der Waals surface area contributed by atoms with Crippen LogP contribution in [-0.4, -0.2) is 33.6 Å². The zero-order valence-corrected chi connectivity index (χ0v) is 19.8. The number of benzene rings is 2. The maximum absolute atomic E-state index is 13.0. The lowest BCUT2D eigenvalue weighted by Crippen LogP contribution is -2.23. The van der Waals surface area contributed by atoms with Gasteiger partial charge in [0.05, 0.1) is 26.6 Å². The molecule has 0 saturated heterocycles. The second-order valence-electron chi connectivity index (χ2n) is 6.64. The summed E-state index contributed by atoms with van der Waals surface area (Å²) in [6.45, 7) is 3.35. The molecule has 156 valence electrons. The summed E-state index contributed by atoms with van der Waals surface area (Å²) in [7, 11) is 0. The summed E-state index contributed by atoms with van der Waals surface area (Å²) in [6, 6.07) is 8.56.